The Balaban J connectivity index is 2.29. The number of phenolic OH excluding ortho intramolecular Hbond substituents is 1. The van der Waals surface area contributed by atoms with Gasteiger partial charge in [0.25, 0.3) is 0 Å². The van der Waals surface area contributed by atoms with E-state index in [9.17, 15) is 19.5 Å². The molecule has 0 heterocycles. The Labute approximate surface area is 195 Å². The number of hydrogen-bond acceptors (Lipinski definition) is 5. The number of nitrogens with one attached hydrogen (secondary N) is 2. The van der Waals surface area contributed by atoms with Crippen LogP contribution in [0.5, 0.6) is 5.75 Å². The van der Waals surface area contributed by atoms with E-state index in [0.29, 0.717) is 46.5 Å². The summed E-state index contributed by atoms with van der Waals surface area (Å²) in [7, 11) is 0. The highest BCUT2D eigenvalue weighted by molar-refractivity contribution is 6.04. The van der Waals surface area contributed by atoms with Gasteiger partial charge in [0, 0.05) is 28.9 Å². The number of aryl methyl sites for hydroxylation is 1. The minimum Gasteiger partial charge on any atom is -0.507 e. The number of rotatable bonds is 9. The highest BCUT2D eigenvalue weighted by atomic mass is 16.4. The Morgan fingerprint density at radius 3 is 2.27 bits per heavy atom. The number of benzene rings is 2. The maximum atomic E-state index is 12.8. The Bertz CT molecular complexity index is 1070. The van der Waals surface area contributed by atoms with Gasteiger partial charge in [-0.15, -0.1) is 0 Å². The number of amides is 1. The van der Waals surface area contributed by atoms with Gasteiger partial charge >= 0.3 is 5.97 Å². The number of anilines is 2. The molecule has 0 unspecified atom stereocenters. The number of ketones is 1. The van der Waals surface area contributed by atoms with Crippen LogP contribution in [0.1, 0.15) is 73.1 Å². The van der Waals surface area contributed by atoms with Crippen LogP contribution in [0.2, 0.25) is 0 Å². The number of phenols is 1. The first kappa shape index (κ1) is 25.9. The third kappa shape index (κ3) is 6.57. The number of carboxylic acid groups (broad SMARTS) is 1. The molecule has 2 aromatic carbocycles. The number of carboxylic acids is 1. The van der Waals surface area contributed by atoms with Gasteiger partial charge < -0.3 is 20.8 Å². The number of aromatic hydroxyl groups is 1. The molecule has 0 aliphatic heterocycles. The van der Waals surface area contributed by atoms with E-state index in [1.54, 1.807) is 32.0 Å². The van der Waals surface area contributed by atoms with Crippen LogP contribution in [0.3, 0.4) is 0 Å². The molecule has 0 fully saturated rings. The summed E-state index contributed by atoms with van der Waals surface area (Å²) in [4.78, 5) is 36.6. The van der Waals surface area contributed by atoms with Crippen molar-refractivity contribution in [1.82, 2.24) is 0 Å². The fraction of sp³-hybridized carbons (Fsp3) is 0.423. The number of carbonyl (C=O) groups excluding carboxylic acids is 2. The van der Waals surface area contributed by atoms with Crippen LogP contribution in [0, 0.1) is 13.8 Å². The molecule has 0 saturated carbocycles. The third-order valence-corrected chi connectivity index (χ3v) is 5.45. The molecule has 7 heteroatoms. The summed E-state index contributed by atoms with van der Waals surface area (Å²) in [5, 5.41) is 25.3. The molecule has 7 nitrogen and oxygen atoms in total. The second kappa shape index (κ2) is 10.5. The lowest BCUT2D eigenvalue weighted by atomic mass is 9.85. The fourth-order valence-corrected chi connectivity index (χ4v) is 3.83. The normalized spacial score (nSPS) is 11.2. The van der Waals surface area contributed by atoms with Crippen molar-refractivity contribution >= 4 is 29.0 Å². The number of carbonyl (C=O) groups is 3. The van der Waals surface area contributed by atoms with Gasteiger partial charge in [0.1, 0.15) is 5.75 Å². The summed E-state index contributed by atoms with van der Waals surface area (Å²) in [5.41, 5.74) is 3.79. The molecule has 1 amide bonds. The van der Waals surface area contributed by atoms with Crippen molar-refractivity contribution in [1.29, 1.82) is 0 Å². The van der Waals surface area contributed by atoms with Crippen LogP contribution < -0.4 is 10.6 Å². The zero-order valence-corrected chi connectivity index (χ0v) is 20.3. The first-order valence-electron chi connectivity index (χ1n) is 11.1. The van der Waals surface area contributed by atoms with E-state index in [2.05, 4.69) is 10.6 Å². The molecule has 0 spiro atoms. The van der Waals surface area contributed by atoms with Crippen molar-refractivity contribution in [2.75, 3.05) is 17.2 Å². The number of hydrogen-bond donors (Lipinski definition) is 4. The van der Waals surface area contributed by atoms with E-state index < -0.39 is 5.97 Å². The predicted octanol–water partition coefficient (Wildman–Crippen LogP) is 4.97. The smallest absolute Gasteiger partial charge is 0.307 e. The quantitative estimate of drug-likeness (QED) is 0.314. The van der Waals surface area contributed by atoms with Gasteiger partial charge in [-0.05, 0) is 54.5 Å². The predicted molar refractivity (Wildman–Crippen MR) is 130 cm³/mol. The minimum atomic E-state index is -0.945. The van der Waals surface area contributed by atoms with Crippen molar-refractivity contribution in [3.63, 3.8) is 0 Å². The van der Waals surface area contributed by atoms with Gasteiger partial charge in [-0.2, -0.15) is 0 Å². The molecule has 0 radical (unpaired) electrons. The maximum absolute atomic E-state index is 12.8. The molecule has 0 bridgehead atoms. The average Bonchev–Trinajstić information content (AvgIpc) is 2.69. The van der Waals surface area contributed by atoms with Crippen LogP contribution >= 0.6 is 0 Å². The molecule has 0 atom stereocenters. The lowest BCUT2D eigenvalue weighted by Gasteiger charge is -2.24. The van der Waals surface area contributed by atoms with E-state index in [0.717, 1.165) is 5.56 Å². The Hall–Kier alpha value is -3.35. The van der Waals surface area contributed by atoms with Gasteiger partial charge in [-0.3, -0.25) is 14.4 Å². The number of Topliss-reactive ketones (excluding diaryl/α,β-unsaturated/α-hetero) is 1. The molecule has 2 rings (SSSR count). The monoisotopic (exact) mass is 454 g/mol. The van der Waals surface area contributed by atoms with Crippen molar-refractivity contribution < 1.29 is 24.6 Å². The van der Waals surface area contributed by atoms with Crippen molar-refractivity contribution in [3.05, 3.63) is 52.1 Å². The van der Waals surface area contributed by atoms with Crippen LogP contribution in [0.15, 0.2) is 24.3 Å². The molecule has 0 aliphatic rings. The topological polar surface area (TPSA) is 116 Å². The molecule has 0 aromatic heterocycles. The van der Waals surface area contributed by atoms with E-state index >= 15 is 0 Å². The lowest BCUT2D eigenvalue weighted by molar-refractivity contribution is -0.136. The molecule has 33 heavy (non-hydrogen) atoms. The van der Waals surface area contributed by atoms with E-state index in [4.69, 9.17) is 5.11 Å². The molecular formula is C26H34N2O5. The molecule has 178 valence electrons. The van der Waals surface area contributed by atoms with Crippen molar-refractivity contribution in [3.8, 4) is 5.75 Å². The first-order valence-corrected chi connectivity index (χ1v) is 11.1. The summed E-state index contributed by atoms with van der Waals surface area (Å²) in [6.07, 6.45) is 0.880. The van der Waals surface area contributed by atoms with E-state index in [1.807, 2.05) is 33.8 Å². The molecular weight excluding hydrogens is 420 g/mol. The molecule has 0 aliphatic carbocycles. The Kier molecular flexibility index (Phi) is 8.25. The zero-order chi connectivity index (χ0) is 24.9. The second-order valence-electron chi connectivity index (χ2n) is 9.36. The largest absolute Gasteiger partial charge is 0.507 e. The molecule has 2 aromatic rings. The standard InChI is InChI=1S/C26H34N2O5/c1-7-8-21(29)24-16(3)25(33)15(2)11-20(24)27-14-22(30)28-19-12-17(13-23(31)32)9-10-18(19)26(4,5)6/h9-12,27,33H,7-8,13-14H2,1-6H3,(H,28,30)(H,31,32). The Morgan fingerprint density at radius 2 is 1.70 bits per heavy atom. The van der Waals surface area contributed by atoms with Gasteiger partial charge in [-0.25, -0.2) is 0 Å². The molecule has 4 N–H and O–H groups in total. The Morgan fingerprint density at radius 1 is 1.03 bits per heavy atom. The third-order valence-electron chi connectivity index (χ3n) is 5.45. The van der Waals surface area contributed by atoms with E-state index in [1.165, 1.54) is 0 Å². The summed E-state index contributed by atoms with van der Waals surface area (Å²) < 4.78 is 0. The van der Waals surface area contributed by atoms with Crippen molar-refractivity contribution in [2.24, 2.45) is 0 Å². The van der Waals surface area contributed by atoms with Crippen LogP contribution in [-0.2, 0) is 21.4 Å². The summed E-state index contributed by atoms with van der Waals surface area (Å²) in [5.74, 6) is -1.29. The highest BCUT2D eigenvalue weighted by Gasteiger charge is 2.21. The van der Waals surface area contributed by atoms with Crippen LogP contribution in [0.4, 0.5) is 11.4 Å². The summed E-state index contributed by atoms with van der Waals surface area (Å²) >= 11 is 0. The highest BCUT2D eigenvalue weighted by Crippen LogP contribution is 2.33. The van der Waals surface area contributed by atoms with Gasteiger partial charge in [0.05, 0.1) is 13.0 Å². The molecule has 0 saturated heterocycles. The van der Waals surface area contributed by atoms with Gasteiger partial charge in [0.2, 0.25) is 5.91 Å². The second-order valence-corrected chi connectivity index (χ2v) is 9.36. The lowest BCUT2D eigenvalue weighted by Crippen LogP contribution is -2.25. The maximum Gasteiger partial charge on any atom is 0.307 e. The van der Waals surface area contributed by atoms with E-state index in [-0.39, 0.29) is 35.8 Å². The summed E-state index contributed by atoms with van der Waals surface area (Å²) in [6.45, 7) is 11.3. The van der Waals surface area contributed by atoms with Gasteiger partial charge in [0.15, 0.2) is 5.78 Å². The minimum absolute atomic E-state index is 0.0783. The fourth-order valence-electron chi connectivity index (χ4n) is 3.83. The van der Waals surface area contributed by atoms with Crippen molar-refractivity contribution in [2.45, 2.75) is 66.2 Å². The summed E-state index contributed by atoms with van der Waals surface area (Å²) in [6, 6.07) is 6.97. The SMILES string of the molecule is CCCC(=O)c1c(NCC(=O)Nc2cc(CC(=O)O)ccc2C(C)(C)C)cc(C)c(O)c1C. The van der Waals surface area contributed by atoms with Crippen LogP contribution in [-0.4, -0.2) is 34.4 Å². The zero-order valence-electron chi connectivity index (χ0n) is 20.3. The first-order chi connectivity index (χ1) is 15.3. The average molecular weight is 455 g/mol. The number of aliphatic carboxylic acids is 1. The van der Waals surface area contributed by atoms with Gasteiger partial charge in [-0.1, -0.05) is 39.8 Å². The van der Waals surface area contributed by atoms with Crippen LogP contribution in [0.25, 0.3) is 0 Å².